The van der Waals surface area contributed by atoms with E-state index in [4.69, 9.17) is 23.2 Å². The molecule has 5 nitrogen and oxygen atoms in total. The quantitative estimate of drug-likeness (QED) is 0.277. The Morgan fingerprint density at radius 2 is 1.71 bits per heavy atom. The summed E-state index contributed by atoms with van der Waals surface area (Å²) >= 11 is 15.0. The Morgan fingerprint density at radius 1 is 0.935 bits per heavy atom. The SMILES string of the molecule is O=C(Nc1nnc(-c2ccccc2SCc2ccccc2)s1)Nc1ccc(Cl)cc1Cl. The number of rotatable bonds is 6. The van der Waals surface area contributed by atoms with Crippen molar-refractivity contribution in [3.63, 3.8) is 0 Å². The summed E-state index contributed by atoms with van der Waals surface area (Å²) in [4.78, 5) is 13.4. The van der Waals surface area contributed by atoms with Crippen molar-refractivity contribution in [2.75, 3.05) is 10.6 Å². The van der Waals surface area contributed by atoms with E-state index in [1.807, 2.05) is 36.4 Å². The van der Waals surface area contributed by atoms with Crippen molar-refractivity contribution in [2.45, 2.75) is 10.6 Å². The molecule has 1 heterocycles. The van der Waals surface area contributed by atoms with Gasteiger partial charge < -0.3 is 5.32 Å². The third-order valence-electron chi connectivity index (χ3n) is 4.18. The number of thioether (sulfide) groups is 1. The maximum Gasteiger partial charge on any atom is 0.325 e. The largest absolute Gasteiger partial charge is 0.325 e. The summed E-state index contributed by atoms with van der Waals surface area (Å²) in [5, 5.41) is 15.7. The van der Waals surface area contributed by atoms with Gasteiger partial charge in [0.05, 0.1) is 10.7 Å². The van der Waals surface area contributed by atoms with Gasteiger partial charge in [-0.05, 0) is 29.8 Å². The molecule has 4 aromatic rings. The first-order valence-electron chi connectivity index (χ1n) is 9.21. The van der Waals surface area contributed by atoms with Crippen molar-refractivity contribution in [3.05, 3.63) is 88.4 Å². The standard InChI is InChI=1S/C22H16Cl2N4OS2/c23-15-10-11-18(17(24)12-15)25-21(29)26-22-28-27-20(31-22)16-8-4-5-9-19(16)30-13-14-6-2-1-3-7-14/h1-12H,13H2,(H2,25,26,28,29). The number of hydrogen-bond donors (Lipinski definition) is 2. The third kappa shape index (κ3) is 5.77. The second-order valence-corrected chi connectivity index (χ2v) is 9.22. The maximum atomic E-state index is 12.3. The molecule has 0 saturated carbocycles. The number of carbonyl (C=O) groups excluding carboxylic acids is 1. The Labute approximate surface area is 197 Å². The van der Waals surface area contributed by atoms with Crippen LogP contribution in [0.1, 0.15) is 5.56 Å². The van der Waals surface area contributed by atoms with E-state index in [9.17, 15) is 4.79 Å². The Balaban J connectivity index is 1.44. The first kappa shape index (κ1) is 21.6. The number of amides is 2. The summed E-state index contributed by atoms with van der Waals surface area (Å²) in [5.41, 5.74) is 2.69. The Kier molecular flexibility index (Phi) is 7.09. The molecule has 2 N–H and O–H groups in total. The molecule has 0 saturated heterocycles. The van der Waals surface area contributed by atoms with Gasteiger partial charge in [0.25, 0.3) is 0 Å². The molecule has 0 aliphatic heterocycles. The molecule has 0 atom stereocenters. The fraction of sp³-hybridized carbons (Fsp3) is 0.0455. The third-order valence-corrected chi connectivity index (χ3v) is 6.74. The minimum absolute atomic E-state index is 0.352. The van der Waals surface area contributed by atoms with Gasteiger partial charge in [0, 0.05) is 21.2 Å². The Morgan fingerprint density at radius 3 is 2.52 bits per heavy atom. The zero-order valence-electron chi connectivity index (χ0n) is 16.0. The Bertz CT molecular complexity index is 1200. The number of carbonyl (C=O) groups is 1. The highest BCUT2D eigenvalue weighted by Crippen LogP contribution is 2.35. The second-order valence-electron chi connectivity index (χ2n) is 6.39. The van der Waals surface area contributed by atoms with Gasteiger partial charge in [0.2, 0.25) is 5.13 Å². The summed E-state index contributed by atoms with van der Waals surface area (Å²) < 4.78 is 0. The topological polar surface area (TPSA) is 66.9 Å². The molecule has 1 aromatic heterocycles. The van der Waals surface area contributed by atoms with Crippen LogP contribution in [0.25, 0.3) is 10.6 Å². The molecule has 2 amide bonds. The van der Waals surface area contributed by atoms with Crippen molar-refractivity contribution in [1.82, 2.24) is 10.2 Å². The first-order valence-corrected chi connectivity index (χ1v) is 11.8. The maximum absolute atomic E-state index is 12.3. The minimum Gasteiger partial charge on any atom is -0.306 e. The lowest BCUT2D eigenvalue weighted by Crippen LogP contribution is -2.19. The molecule has 0 fully saturated rings. The molecule has 156 valence electrons. The van der Waals surface area contributed by atoms with Gasteiger partial charge in [-0.2, -0.15) is 0 Å². The van der Waals surface area contributed by atoms with E-state index in [-0.39, 0.29) is 0 Å². The van der Waals surface area contributed by atoms with E-state index in [1.165, 1.54) is 16.9 Å². The lowest BCUT2D eigenvalue weighted by Gasteiger charge is -2.07. The fourth-order valence-corrected chi connectivity index (χ4v) is 5.04. The van der Waals surface area contributed by atoms with Crippen LogP contribution in [0.3, 0.4) is 0 Å². The van der Waals surface area contributed by atoms with Crippen LogP contribution in [0.15, 0.2) is 77.7 Å². The molecular weight excluding hydrogens is 471 g/mol. The number of nitrogens with one attached hydrogen (secondary N) is 2. The van der Waals surface area contributed by atoms with Crippen LogP contribution in [0.2, 0.25) is 10.0 Å². The predicted octanol–water partition coefficient (Wildman–Crippen LogP) is 7.45. The van der Waals surface area contributed by atoms with Gasteiger partial charge in [-0.1, -0.05) is 83.1 Å². The molecule has 31 heavy (non-hydrogen) atoms. The van der Waals surface area contributed by atoms with E-state index < -0.39 is 6.03 Å². The average molecular weight is 487 g/mol. The highest BCUT2D eigenvalue weighted by molar-refractivity contribution is 7.98. The summed E-state index contributed by atoms with van der Waals surface area (Å²) in [6.45, 7) is 0. The number of hydrogen-bond acceptors (Lipinski definition) is 5. The lowest BCUT2D eigenvalue weighted by molar-refractivity contribution is 0.262. The number of urea groups is 1. The lowest BCUT2D eigenvalue weighted by atomic mass is 10.2. The van der Waals surface area contributed by atoms with Crippen LogP contribution in [0.5, 0.6) is 0 Å². The highest BCUT2D eigenvalue weighted by Gasteiger charge is 2.14. The molecule has 0 unspecified atom stereocenters. The molecule has 0 bridgehead atoms. The van der Waals surface area contributed by atoms with Crippen LogP contribution >= 0.6 is 46.3 Å². The molecule has 9 heteroatoms. The molecular formula is C22H16Cl2N4OS2. The highest BCUT2D eigenvalue weighted by atomic mass is 35.5. The van der Waals surface area contributed by atoms with Crippen LogP contribution in [-0.2, 0) is 5.75 Å². The van der Waals surface area contributed by atoms with E-state index in [0.717, 1.165) is 21.2 Å². The first-order chi connectivity index (χ1) is 15.1. The number of halogens is 2. The minimum atomic E-state index is -0.460. The molecule has 4 rings (SSSR count). The van der Waals surface area contributed by atoms with E-state index in [2.05, 4.69) is 39.0 Å². The number of aromatic nitrogens is 2. The monoisotopic (exact) mass is 486 g/mol. The van der Waals surface area contributed by atoms with Crippen molar-refractivity contribution in [2.24, 2.45) is 0 Å². The molecule has 0 aliphatic carbocycles. The molecule has 0 aliphatic rings. The molecule has 3 aromatic carbocycles. The van der Waals surface area contributed by atoms with E-state index in [1.54, 1.807) is 30.0 Å². The summed E-state index contributed by atoms with van der Waals surface area (Å²) in [7, 11) is 0. The fourth-order valence-electron chi connectivity index (χ4n) is 2.73. The summed E-state index contributed by atoms with van der Waals surface area (Å²) in [6.07, 6.45) is 0. The molecule has 0 radical (unpaired) electrons. The van der Waals surface area contributed by atoms with Crippen molar-refractivity contribution >= 4 is 63.2 Å². The number of benzene rings is 3. The predicted molar refractivity (Wildman–Crippen MR) is 130 cm³/mol. The zero-order valence-corrected chi connectivity index (χ0v) is 19.2. The average Bonchev–Trinajstić information content (AvgIpc) is 3.23. The van der Waals surface area contributed by atoms with Crippen LogP contribution < -0.4 is 10.6 Å². The van der Waals surface area contributed by atoms with Gasteiger partial charge in [-0.25, -0.2) is 4.79 Å². The van der Waals surface area contributed by atoms with Gasteiger partial charge >= 0.3 is 6.03 Å². The number of anilines is 2. The van der Waals surface area contributed by atoms with Gasteiger partial charge in [-0.3, -0.25) is 5.32 Å². The van der Waals surface area contributed by atoms with Crippen LogP contribution in [0, 0.1) is 0 Å². The zero-order chi connectivity index (χ0) is 21.6. The smallest absolute Gasteiger partial charge is 0.306 e. The van der Waals surface area contributed by atoms with Gasteiger partial charge in [-0.15, -0.1) is 22.0 Å². The van der Waals surface area contributed by atoms with Crippen LogP contribution in [-0.4, -0.2) is 16.2 Å². The Hall–Kier alpha value is -2.58. The van der Waals surface area contributed by atoms with Crippen molar-refractivity contribution in [1.29, 1.82) is 0 Å². The van der Waals surface area contributed by atoms with Crippen LogP contribution in [0.4, 0.5) is 15.6 Å². The summed E-state index contributed by atoms with van der Waals surface area (Å²) in [6, 6.07) is 22.7. The van der Waals surface area contributed by atoms with Crippen molar-refractivity contribution < 1.29 is 4.79 Å². The molecule has 0 spiro atoms. The summed E-state index contributed by atoms with van der Waals surface area (Å²) in [5.74, 6) is 0.853. The van der Waals surface area contributed by atoms with E-state index >= 15 is 0 Å². The van der Waals surface area contributed by atoms with E-state index in [0.29, 0.717) is 20.9 Å². The second kappa shape index (κ2) is 10.2. The normalized spacial score (nSPS) is 10.6. The van der Waals surface area contributed by atoms with Gasteiger partial charge in [0.1, 0.15) is 0 Å². The van der Waals surface area contributed by atoms with Crippen molar-refractivity contribution in [3.8, 4) is 10.6 Å². The number of nitrogens with zero attached hydrogens (tertiary/aromatic N) is 2. The van der Waals surface area contributed by atoms with Gasteiger partial charge in [0.15, 0.2) is 5.01 Å².